The van der Waals surface area contributed by atoms with Crippen LogP contribution in [-0.2, 0) is 11.3 Å². The second-order valence-electron chi connectivity index (χ2n) is 6.81. The van der Waals surface area contributed by atoms with Gasteiger partial charge < -0.3 is 19.7 Å². The first-order valence-corrected chi connectivity index (χ1v) is 9.55. The lowest BCUT2D eigenvalue weighted by Crippen LogP contribution is -2.34. The van der Waals surface area contributed by atoms with Crippen LogP contribution in [0.15, 0.2) is 48.5 Å². The number of urea groups is 1. The fraction of sp³-hybridized carbons (Fsp3) is 0.381. The van der Waals surface area contributed by atoms with Crippen LogP contribution in [0.3, 0.4) is 0 Å². The number of hydrogen-bond acceptors (Lipinski definition) is 3. The number of halogens is 1. The Morgan fingerprint density at radius 2 is 2.00 bits per heavy atom. The van der Waals surface area contributed by atoms with Crippen LogP contribution in [0.1, 0.15) is 18.4 Å². The van der Waals surface area contributed by atoms with Gasteiger partial charge >= 0.3 is 6.03 Å². The maximum atomic E-state index is 12.3. The molecule has 2 aromatic carbocycles. The zero-order valence-corrected chi connectivity index (χ0v) is 16.2. The number of benzene rings is 2. The quantitative estimate of drug-likeness (QED) is 0.670. The average Bonchev–Trinajstić information content (AvgIpc) is 3.48. The molecule has 1 saturated carbocycles. The van der Waals surface area contributed by atoms with Gasteiger partial charge in [0.2, 0.25) is 0 Å². The van der Waals surface area contributed by atoms with Gasteiger partial charge in [0.25, 0.3) is 0 Å². The molecule has 1 aliphatic carbocycles. The first kappa shape index (κ1) is 19.5. The highest BCUT2D eigenvalue weighted by Gasteiger charge is 2.21. The summed E-state index contributed by atoms with van der Waals surface area (Å²) >= 11 is 5.85. The molecule has 144 valence electrons. The number of nitrogens with zero attached hydrogens (tertiary/aromatic N) is 1. The predicted octanol–water partition coefficient (Wildman–Crippen LogP) is 4.81. The van der Waals surface area contributed by atoms with Crippen LogP contribution < -0.4 is 10.1 Å². The van der Waals surface area contributed by atoms with Crippen molar-refractivity contribution >= 4 is 23.3 Å². The van der Waals surface area contributed by atoms with Crippen molar-refractivity contribution in [1.82, 2.24) is 4.90 Å². The highest BCUT2D eigenvalue weighted by molar-refractivity contribution is 6.30. The summed E-state index contributed by atoms with van der Waals surface area (Å²) in [6.45, 7) is 2.27. The van der Waals surface area contributed by atoms with Crippen LogP contribution >= 0.6 is 11.6 Å². The number of carbonyl (C=O) groups excluding carboxylic acids is 1. The maximum Gasteiger partial charge on any atom is 0.321 e. The van der Waals surface area contributed by atoms with Gasteiger partial charge in [-0.05, 0) is 60.7 Å². The van der Waals surface area contributed by atoms with Crippen LogP contribution in [0.4, 0.5) is 10.5 Å². The maximum absolute atomic E-state index is 12.3. The minimum Gasteiger partial charge on any atom is -0.492 e. The monoisotopic (exact) mass is 388 g/mol. The SMILES string of the molecule is CN(CCOc1ccc(Cl)cc1)C(=O)Nc1cccc(COCC2CC2)c1. The lowest BCUT2D eigenvalue weighted by molar-refractivity contribution is 0.111. The van der Waals surface area contributed by atoms with Crippen molar-refractivity contribution in [2.24, 2.45) is 5.92 Å². The van der Waals surface area contributed by atoms with Crippen LogP contribution in [0.2, 0.25) is 5.02 Å². The number of rotatable bonds is 9. The number of hydrogen-bond donors (Lipinski definition) is 1. The summed E-state index contributed by atoms with van der Waals surface area (Å²) in [7, 11) is 1.74. The van der Waals surface area contributed by atoms with E-state index in [2.05, 4.69) is 5.32 Å². The van der Waals surface area contributed by atoms with Gasteiger partial charge in [-0.3, -0.25) is 0 Å². The van der Waals surface area contributed by atoms with Gasteiger partial charge in [0.05, 0.1) is 13.2 Å². The number of amides is 2. The summed E-state index contributed by atoms with van der Waals surface area (Å²) in [4.78, 5) is 13.9. The van der Waals surface area contributed by atoms with E-state index in [0.717, 1.165) is 29.5 Å². The smallest absolute Gasteiger partial charge is 0.321 e. The highest BCUT2D eigenvalue weighted by atomic mass is 35.5. The Morgan fingerprint density at radius 1 is 1.22 bits per heavy atom. The minimum atomic E-state index is -0.175. The molecule has 1 fully saturated rings. The molecule has 3 rings (SSSR count). The summed E-state index contributed by atoms with van der Waals surface area (Å²) in [6.07, 6.45) is 2.56. The second-order valence-corrected chi connectivity index (χ2v) is 7.25. The molecule has 0 unspecified atom stereocenters. The van der Waals surface area contributed by atoms with Crippen LogP contribution in [0.25, 0.3) is 0 Å². The number of carbonyl (C=O) groups is 1. The first-order valence-electron chi connectivity index (χ1n) is 9.17. The summed E-state index contributed by atoms with van der Waals surface area (Å²) in [5.74, 6) is 1.48. The highest BCUT2D eigenvalue weighted by Crippen LogP contribution is 2.29. The van der Waals surface area contributed by atoms with Gasteiger partial charge in [0.15, 0.2) is 0 Å². The van der Waals surface area contributed by atoms with E-state index >= 15 is 0 Å². The Kier molecular flexibility index (Phi) is 6.96. The van der Waals surface area contributed by atoms with Crippen molar-refractivity contribution in [3.8, 4) is 5.75 Å². The Bertz CT molecular complexity index is 747. The first-order chi connectivity index (χ1) is 13.1. The number of likely N-dealkylation sites (N-methyl/N-ethyl adjacent to an activating group) is 1. The van der Waals surface area contributed by atoms with E-state index in [9.17, 15) is 4.79 Å². The molecule has 2 amide bonds. The molecule has 0 aliphatic heterocycles. The third kappa shape index (κ3) is 6.77. The molecule has 0 bridgehead atoms. The fourth-order valence-corrected chi connectivity index (χ4v) is 2.64. The Balaban J connectivity index is 1.40. The van der Waals surface area contributed by atoms with Crippen molar-refractivity contribution in [2.45, 2.75) is 19.4 Å². The van der Waals surface area contributed by atoms with Crippen molar-refractivity contribution in [3.05, 3.63) is 59.1 Å². The largest absolute Gasteiger partial charge is 0.492 e. The molecule has 5 nitrogen and oxygen atoms in total. The lowest BCUT2D eigenvalue weighted by Gasteiger charge is -2.18. The van der Waals surface area contributed by atoms with Crippen molar-refractivity contribution in [1.29, 1.82) is 0 Å². The lowest BCUT2D eigenvalue weighted by atomic mass is 10.2. The van der Waals surface area contributed by atoms with E-state index in [-0.39, 0.29) is 6.03 Å². The van der Waals surface area contributed by atoms with Crippen molar-refractivity contribution in [3.63, 3.8) is 0 Å². The molecule has 6 heteroatoms. The Hall–Kier alpha value is -2.24. The molecule has 0 saturated heterocycles. The van der Waals surface area contributed by atoms with Crippen LogP contribution in [0, 0.1) is 5.92 Å². The predicted molar refractivity (Wildman–Crippen MR) is 107 cm³/mol. The van der Waals surface area contributed by atoms with E-state index in [0.29, 0.717) is 24.8 Å². The molecule has 0 radical (unpaired) electrons. The molecule has 1 N–H and O–H groups in total. The Morgan fingerprint density at radius 3 is 2.74 bits per heavy atom. The van der Waals surface area contributed by atoms with E-state index in [1.54, 1.807) is 36.2 Å². The van der Waals surface area contributed by atoms with E-state index in [1.165, 1.54) is 12.8 Å². The normalized spacial score (nSPS) is 13.3. The minimum absolute atomic E-state index is 0.175. The number of nitrogens with one attached hydrogen (secondary N) is 1. The number of anilines is 1. The standard InChI is InChI=1S/C21H25ClN2O3/c1-24(11-12-27-20-9-7-18(22)8-10-20)21(25)23-19-4-2-3-17(13-19)15-26-14-16-5-6-16/h2-4,7-10,13,16H,5-6,11-12,14-15H2,1H3,(H,23,25). The fourth-order valence-electron chi connectivity index (χ4n) is 2.52. The van der Waals surface area contributed by atoms with Gasteiger partial charge in [-0.1, -0.05) is 23.7 Å². The second kappa shape index (κ2) is 9.62. The molecule has 0 aromatic heterocycles. The van der Waals surface area contributed by atoms with Gasteiger partial charge in [0.1, 0.15) is 12.4 Å². The van der Waals surface area contributed by atoms with Crippen LogP contribution in [0.5, 0.6) is 5.75 Å². The van der Waals surface area contributed by atoms with Gasteiger partial charge in [-0.2, -0.15) is 0 Å². The molecule has 1 aliphatic rings. The third-order valence-electron chi connectivity index (χ3n) is 4.35. The van der Waals surface area contributed by atoms with Crippen molar-refractivity contribution in [2.75, 3.05) is 32.1 Å². The summed E-state index contributed by atoms with van der Waals surface area (Å²) in [5.41, 5.74) is 1.82. The van der Waals surface area contributed by atoms with E-state index in [4.69, 9.17) is 21.1 Å². The molecule has 0 heterocycles. The third-order valence-corrected chi connectivity index (χ3v) is 4.61. The molecule has 0 atom stereocenters. The summed E-state index contributed by atoms with van der Waals surface area (Å²) < 4.78 is 11.3. The molecule has 2 aromatic rings. The zero-order chi connectivity index (χ0) is 19.1. The van der Waals surface area contributed by atoms with Gasteiger partial charge in [-0.15, -0.1) is 0 Å². The summed E-state index contributed by atoms with van der Waals surface area (Å²) in [5, 5.41) is 3.57. The molecular formula is C21H25ClN2O3. The molecular weight excluding hydrogens is 364 g/mol. The summed E-state index contributed by atoms with van der Waals surface area (Å²) in [6, 6.07) is 14.7. The number of ether oxygens (including phenoxy) is 2. The van der Waals surface area contributed by atoms with Gasteiger partial charge in [0, 0.05) is 24.4 Å². The average molecular weight is 389 g/mol. The topological polar surface area (TPSA) is 50.8 Å². The van der Waals surface area contributed by atoms with Crippen LogP contribution in [-0.4, -0.2) is 37.7 Å². The van der Waals surface area contributed by atoms with E-state index in [1.807, 2.05) is 24.3 Å². The van der Waals surface area contributed by atoms with Gasteiger partial charge in [-0.25, -0.2) is 4.79 Å². The van der Waals surface area contributed by atoms with Crippen molar-refractivity contribution < 1.29 is 14.3 Å². The zero-order valence-electron chi connectivity index (χ0n) is 15.5. The van der Waals surface area contributed by atoms with E-state index < -0.39 is 0 Å². The Labute approximate surface area is 165 Å². The molecule has 0 spiro atoms. The molecule has 27 heavy (non-hydrogen) atoms.